The Kier molecular flexibility index (Phi) is 37.3. The highest BCUT2D eigenvalue weighted by atomic mass is 31.2. The summed E-state index contributed by atoms with van der Waals surface area (Å²) in [5, 5.41) is 18.3. The summed E-state index contributed by atoms with van der Waals surface area (Å²) in [6, 6.07) is 0. The Morgan fingerprint density at radius 1 is 0.589 bits per heavy atom. The maximum Gasteiger partial charge on any atom is 0.472 e. The fraction of sp³-hybridized carbons (Fsp3) is 0.705. The summed E-state index contributed by atoms with van der Waals surface area (Å²) in [5.74, 6) is -0.853. The molecule has 0 aromatic carbocycles. The van der Waals surface area contributed by atoms with Gasteiger partial charge in [-0.25, -0.2) is 4.57 Å². The maximum absolute atomic E-state index is 12.6. The van der Waals surface area contributed by atoms with Crippen LogP contribution in [0.4, 0.5) is 0 Å². The van der Waals surface area contributed by atoms with Crippen molar-refractivity contribution >= 4 is 25.5 Å². The molecule has 0 radical (unpaired) electrons. The van der Waals surface area contributed by atoms with Gasteiger partial charge in [0, 0.05) is 19.3 Å². The number of carbonyl (C=O) groups excluding carboxylic acids is 3. The Labute approximate surface area is 338 Å². The van der Waals surface area contributed by atoms with Crippen molar-refractivity contribution in [3.8, 4) is 0 Å². The number of ether oxygens (including phenoxy) is 2. The molecule has 0 aromatic rings. The number of aliphatic hydroxyl groups is 2. The zero-order chi connectivity index (χ0) is 41.4. The molecule has 0 amide bonds. The Balaban J connectivity index is 4.43. The van der Waals surface area contributed by atoms with E-state index < -0.39 is 51.8 Å². The van der Waals surface area contributed by atoms with Crippen LogP contribution in [-0.4, -0.2) is 71.5 Å². The summed E-state index contributed by atoms with van der Waals surface area (Å²) in [6.45, 7) is 2.10. The lowest BCUT2D eigenvalue weighted by Gasteiger charge is -2.20. The molecule has 0 aliphatic heterocycles. The van der Waals surface area contributed by atoms with Gasteiger partial charge in [0.1, 0.15) is 12.7 Å². The molecule has 0 aliphatic carbocycles. The summed E-state index contributed by atoms with van der Waals surface area (Å²) >= 11 is 0. The Hall–Kier alpha value is -2.66. The van der Waals surface area contributed by atoms with Gasteiger partial charge < -0.3 is 24.6 Å². The minimum atomic E-state index is -4.64. The molecule has 1 unspecified atom stereocenters. The molecule has 0 saturated carbocycles. The number of unbranched alkanes of at least 4 members (excludes halogenated alkanes) is 14. The molecular formula is C44H75O11P. The van der Waals surface area contributed by atoms with Crippen molar-refractivity contribution in [2.45, 2.75) is 174 Å². The molecule has 0 saturated heterocycles. The van der Waals surface area contributed by atoms with Crippen LogP contribution in [0.1, 0.15) is 162 Å². The van der Waals surface area contributed by atoms with Crippen molar-refractivity contribution in [1.29, 1.82) is 0 Å². The molecule has 11 nitrogen and oxygen atoms in total. The van der Waals surface area contributed by atoms with Gasteiger partial charge in [-0.1, -0.05) is 126 Å². The van der Waals surface area contributed by atoms with Crippen LogP contribution in [0.2, 0.25) is 0 Å². The average molecular weight is 811 g/mol. The molecule has 0 aromatic heterocycles. The van der Waals surface area contributed by atoms with Crippen molar-refractivity contribution in [3.63, 3.8) is 0 Å². The first-order valence-electron chi connectivity index (χ1n) is 21.2. The zero-order valence-electron chi connectivity index (χ0n) is 34.6. The quantitative estimate of drug-likeness (QED) is 0.0135. The minimum absolute atomic E-state index is 0.138. The Morgan fingerprint density at radius 3 is 1.71 bits per heavy atom. The number of rotatable bonds is 39. The van der Waals surface area contributed by atoms with Gasteiger partial charge in [-0.05, 0) is 76.7 Å². The molecule has 0 bridgehead atoms. The number of phosphoric acid groups is 1. The van der Waals surface area contributed by atoms with Crippen LogP contribution < -0.4 is 0 Å². The van der Waals surface area contributed by atoms with E-state index in [0.717, 1.165) is 96.3 Å². The topological polar surface area (TPSA) is 166 Å². The number of hydrogen-bond acceptors (Lipinski definition) is 10. The van der Waals surface area contributed by atoms with Crippen LogP contribution in [0.5, 0.6) is 0 Å². The van der Waals surface area contributed by atoms with Crippen LogP contribution in [0.25, 0.3) is 0 Å². The van der Waals surface area contributed by atoms with Gasteiger partial charge in [0.05, 0.1) is 19.8 Å². The monoisotopic (exact) mass is 811 g/mol. The molecule has 0 fully saturated rings. The molecular weight excluding hydrogens is 735 g/mol. The standard InChI is InChI=1S/C44H75O11P/c1-3-5-7-8-9-10-11-12-13-14-15-16-17-20-24-27-31-35-44(49)55-42(39-54-56(50,51)53-37-41(47)36-45)38-52-43(48)34-30-26-23-21-18-19-22-25-29-33-40(46)32-28-6-4-2/h9-10,12-13,15-16,22,25,29,33,41-42,45,47H,3-8,11,14,17-21,23-24,26-28,30-32,34-39H2,1-2H3,(H,50,51)/b10-9-,13-12-,16-15-,25-22-,33-29+/t41-,42+/m0/s1. The Bertz CT molecular complexity index is 1180. The van der Waals surface area contributed by atoms with Crippen molar-refractivity contribution in [3.05, 3.63) is 60.8 Å². The van der Waals surface area contributed by atoms with Crippen LogP contribution in [0, 0.1) is 0 Å². The smallest absolute Gasteiger partial charge is 0.462 e. The largest absolute Gasteiger partial charge is 0.472 e. The lowest BCUT2D eigenvalue weighted by atomic mass is 10.1. The normalized spacial score (nSPS) is 14.4. The maximum atomic E-state index is 12.6. The van der Waals surface area contributed by atoms with Crippen LogP contribution in [-0.2, 0) is 37.5 Å². The second kappa shape index (κ2) is 39.2. The predicted molar refractivity (Wildman–Crippen MR) is 224 cm³/mol. The number of allylic oxidation sites excluding steroid dienone is 10. The number of carbonyl (C=O) groups is 3. The van der Waals surface area contributed by atoms with Crippen molar-refractivity contribution in [2.24, 2.45) is 0 Å². The lowest BCUT2D eigenvalue weighted by Crippen LogP contribution is -2.29. The van der Waals surface area contributed by atoms with E-state index in [4.69, 9.17) is 19.1 Å². The molecule has 0 heterocycles. The van der Waals surface area contributed by atoms with E-state index in [1.54, 1.807) is 12.2 Å². The third-order valence-corrected chi connectivity index (χ3v) is 9.57. The van der Waals surface area contributed by atoms with E-state index >= 15 is 0 Å². The fourth-order valence-electron chi connectivity index (χ4n) is 5.27. The summed E-state index contributed by atoms with van der Waals surface area (Å²) in [7, 11) is -4.64. The van der Waals surface area contributed by atoms with E-state index in [1.807, 2.05) is 6.08 Å². The molecule has 3 N–H and O–H groups in total. The predicted octanol–water partition coefficient (Wildman–Crippen LogP) is 10.3. The van der Waals surface area contributed by atoms with Crippen LogP contribution >= 0.6 is 7.82 Å². The van der Waals surface area contributed by atoms with Gasteiger partial charge >= 0.3 is 19.8 Å². The highest BCUT2D eigenvalue weighted by Gasteiger charge is 2.27. The number of phosphoric ester groups is 1. The Morgan fingerprint density at radius 2 is 1.09 bits per heavy atom. The van der Waals surface area contributed by atoms with Gasteiger partial charge in [-0.3, -0.25) is 23.4 Å². The van der Waals surface area contributed by atoms with E-state index in [2.05, 4.69) is 60.9 Å². The fourth-order valence-corrected chi connectivity index (χ4v) is 6.06. The van der Waals surface area contributed by atoms with E-state index in [1.165, 1.54) is 19.3 Å². The van der Waals surface area contributed by atoms with E-state index in [-0.39, 0.29) is 25.2 Å². The van der Waals surface area contributed by atoms with Crippen molar-refractivity contribution < 1.29 is 52.6 Å². The molecule has 3 atom stereocenters. The summed E-state index contributed by atoms with van der Waals surface area (Å²) in [6.07, 6.45) is 38.8. The number of esters is 2. The first-order valence-corrected chi connectivity index (χ1v) is 22.7. The summed E-state index contributed by atoms with van der Waals surface area (Å²) in [5.41, 5.74) is 0. The lowest BCUT2D eigenvalue weighted by molar-refractivity contribution is -0.161. The highest BCUT2D eigenvalue weighted by molar-refractivity contribution is 7.47. The van der Waals surface area contributed by atoms with Gasteiger partial charge in [0.2, 0.25) is 0 Å². The third kappa shape index (κ3) is 38.2. The number of hydrogen-bond donors (Lipinski definition) is 3. The first kappa shape index (κ1) is 53.3. The number of ketones is 1. The van der Waals surface area contributed by atoms with E-state index in [9.17, 15) is 28.9 Å². The van der Waals surface area contributed by atoms with Gasteiger partial charge in [-0.15, -0.1) is 0 Å². The van der Waals surface area contributed by atoms with Crippen LogP contribution in [0.15, 0.2) is 60.8 Å². The van der Waals surface area contributed by atoms with E-state index in [0.29, 0.717) is 19.3 Å². The average Bonchev–Trinajstić information content (AvgIpc) is 3.18. The molecule has 0 aliphatic rings. The minimum Gasteiger partial charge on any atom is -0.462 e. The third-order valence-electron chi connectivity index (χ3n) is 8.62. The zero-order valence-corrected chi connectivity index (χ0v) is 35.5. The van der Waals surface area contributed by atoms with Crippen LogP contribution in [0.3, 0.4) is 0 Å². The summed E-state index contributed by atoms with van der Waals surface area (Å²) in [4.78, 5) is 46.7. The molecule has 56 heavy (non-hydrogen) atoms. The molecule has 322 valence electrons. The van der Waals surface area contributed by atoms with Gasteiger partial charge in [0.25, 0.3) is 0 Å². The first-order chi connectivity index (χ1) is 27.1. The second-order valence-corrected chi connectivity index (χ2v) is 15.5. The molecule has 12 heteroatoms. The SMILES string of the molecule is CCCCC/C=C\C/C=C\C/C=C\CCCCCCC(=O)O[C@H](COC(=O)CCCCCCC/C=C\C=C\C(=O)CCCCC)COP(=O)(O)OC[C@@H](O)CO. The van der Waals surface area contributed by atoms with Crippen molar-refractivity contribution in [1.82, 2.24) is 0 Å². The molecule has 0 spiro atoms. The summed E-state index contributed by atoms with van der Waals surface area (Å²) < 4.78 is 32.6. The van der Waals surface area contributed by atoms with Gasteiger partial charge in [0.15, 0.2) is 11.9 Å². The van der Waals surface area contributed by atoms with Gasteiger partial charge in [-0.2, -0.15) is 0 Å². The second-order valence-electron chi connectivity index (χ2n) is 14.0. The highest BCUT2D eigenvalue weighted by Crippen LogP contribution is 2.43. The van der Waals surface area contributed by atoms with Crippen molar-refractivity contribution in [2.75, 3.05) is 26.4 Å². The number of aliphatic hydroxyl groups excluding tert-OH is 2. The molecule has 0 rings (SSSR count).